The number of rotatable bonds is 57. The molecule has 0 aromatic carbocycles. The lowest BCUT2D eigenvalue weighted by Crippen LogP contribution is -2.30. The molecule has 0 saturated heterocycles. The third kappa shape index (κ3) is 55.7. The molecule has 0 saturated carbocycles. The lowest BCUT2D eigenvalue weighted by Gasteiger charge is -2.18. The molecule has 0 N–H and O–H groups in total. The van der Waals surface area contributed by atoms with E-state index in [0.29, 0.717) is 19.3 Å². The van der Waals surface area contributed by atoms with E-state index < -0.39 is 6.10 Å². The predicted octanol–water partition coefficient (Wildman–Crippen LogP) is 21.1. The molecule has 416 valence electrons. The minimum Gasteiger partial charge on any atom is -0.462 e. The maximum absolute atomic E-state index is 12.9. The van der Waals surface area contributed by atoms with Crippen molar-refractivity contribution in [1.29, 1.82) is 0 Å². The average molecular weight is 990 g/mol. The van der Waals surface area contributed by atoms with Crippen LogP contribution in [0.4, 0.5) is 0 Å². The van der Waals surface area contributed by atoms with Gasteiger partial charge in [0.1, 0.15) is 13.2 Å². The molecule has 0 aromatic rings. The second-order valence-electron chi connectivity index (χ2n) is 23.2. The number of ether oxygens (including phenoxy) is 3. The molecular formula is C64H124O6. The first kappa shape index (κ1) is 68.4. The molecule has 6 heteroatoms. The van der Waals surface area contributed by atoms with Gasteiger partial charge in [-0.05, 0) is 37.0 Å². The lowest BCUT2D eigenvalue weighted by molar-refractivity contribution is -0.167. The highest BCUT2D eigenvalue weighted by Crippen LogP contribution is 2.19. The first-order valence-electron chi connectivity index (χ1n) is 31.6. The van der Waals surface area contributed by atoms with Crippen molar-refractivity contribution < 1.29 is 28.6 Å². The van der Waals surface area contributed by atoms with Crippen molar-refractivity contribution in [3.05, 3.63) is 0 Å². The van der Waals surface area contributed by atoms with Gasteiger partial charge in [-0.3, -0.25) is 14.4 Å². The number of hydrogen-bond acceptors (Lipinski definition) is 6. The molecule has 70 heavy (non-hydrogen) atoms. The maximum atomic E-state index is 12.9. The fourth-order valence-corrected chi connectivity index (χ4v) is 9.85. The highest BCUT2D eigenvalue weighted by molar-refractivity contribution is 5.71. The highest BCUT2D eigenvalue weighted by atomic mass is 16.6. The molecule has 0 radical (unpaired) electrons. The molecule has 0 rings (SSSR count). The first-order chi connectivity index (χ1) is 34.1. The summed E-state index contributed by atoms with van der Waals surface area (Å²) in [6.07, 6.45) is 59.5. The number of carbonyl (C=O) groups is 3. The summed E-state index contributed by atoms with van der Waals surface area (Å²) in [7, 11) is 0. The Balaban J connectivity index is 4.28. The Morgan fingerprint density at radius 2 is 0.500 bits per heavy atom. The van der Waals surface area contributed by atoms with Crippen molar-refractivity contribution in [2.45, 2.75) is 362 Å². The van der Waals surface area contributed by atoms with Crippen LogP contribution in [-0.4, -0.2) is 37.2 Å². The molecule has 0 aromatic heterocycles. The van der Waals surface area contributed by atoms with Crippen molar-refractivity contribution in [3.63, 3.8) is 0 Å². The summed E-state index contributed by atoms with van der Waals surface area (Å²) in [5.41, 5.74) is 0. The Morgan fingerprint density at radius 3 is 0.743 bits per heavy atom. The van der Waals surface area contributed by atoms with Crippen LogP contribution < -0.4 is 0 Å². The van der Waals surface area contributed by atoms with E-state index in [2.05, 4.69) is 41.5 Å². The molecule has 0 aliphatic rings. The number of hydrogen-bond donors (Lipinski definition) is 0. The molecule has 2 atom stereocenters. The second-order valence-corrected chi connectivity index (χ2v) is 23.2. The number of carbonyl (C=O) groups excluding carboxylic acids is 3. The lowest BCUT2D eigenvalue weighted by atomic mass is 9.99. The van der Waals surface area contributed by atoms with Crippen LogP contribution in [0.5, 0.6) is 0 Å². The molecule has 0 aliphatic carbocycles. The van der Waals surface area contributed by atoms with Crippen LogP contribution in [0.25, 0.3) is 0 Å². The smallest absolute Gasteiger partial charge is 0.306 e. The fourth-order valence-electron chi connectivity index (χ4n) is 9.85. The first-order valence-corrected chi connectivity index (χ1v) is 31.6. The molecule has 6 nitrogen and oxygen atoms in total. The van der Waals surface area contributed by atoms with Crippen LogP contribution in [0.3, 0.4) is 0 Å². The Morgan fingerprint density at radius 1 is 0.286 bits per heavy atom. The molecule has 0 heterocycles. The van der Waals surface area contributed by atoms with E-state index in [1.807, 2.05) is 0 Å². The Kier molecular flexibility index (Phi) is 53.9. The molecule has 0 aliphatic heterocycles. The van der Waals surface area contributed by atoms with E-state index in [4.69, 9.17) is 14.2 Å². The van der Waals surface area contributed by atoms with Gasteiger partial charge in [-0.2, -0.15) is 0 Å². The van der Waals surface area contributed by atoms with E-state index in [9.17, 15) is 14.4 Å². The third-order valence-corrected chi connectivity index (χ3v) is 15.0. The van der Waals surface area contributed by atoms with E-state index in [-0.39, 0.29) is 31.1 Å². The monoisotopic (exact) mass is 989 g/mol. The fraction of sp³-hybridized carbons (Fsp3) is 0.953. The third-order valence-electron chi connectivity index (χ3n) is 15.0. The van der Waals surface area contributed by atoms with Gasteiger partial charge in [-0.1, -0.05) is 318 Å². The van der Waals surface area contributed by atoms with Crippen molar-refractivity contribution >= 4 is 17.9 Å². The summed E-state index contributed by atoms with van der Waals surface area (Å²) in [6, 6.07) is 0. The van der Waals surface area contributed by atoms with Crippen molar-refractivity contribution in [3.8, 4) is 0 Å². The van der Waals surface area contributed by atoms with Gasteiger partial charge in [0.25, 0.3) is 0 Å². The van der Waals surface area contributed by atoms with Gasteiger partial charge in [-0.15, -0.1) is 0 Å². The second kappa shape index (κ2) is 55.2. The average Bonchev–Trinajstić information content (AvgIpc) is 3.33. The van der Waals surface area contributed by atoms with E-state index in [1.165, 1.54) is 238 Å². The minimum absolute atomic E-state index is 0.0627. The van der Waals surface area contributed by atoms with Crippen LogP contribution in [0.1, 0.15) is 356 Å². The van der Waals surface area contributed by atoms with Crippen LogP contribution in [0.2, 0.25) is 0 Å². The Hall–Kier alpha value is -1.59. The van der Waals surface area contributed by atoms with Crippen LogP contribution >= 0.6 is 0 Å². The summed E-state index contributed by atoms with van der Waals surface area (Å²) in [6.45, 7) is 13.8. The van der Waals surface area contributed by atoms with Crippen LogP contribution in [0, 0.1) is 17.8 Å². The van der Waals surface area contributed by atoms with Crippen molar-refractivity contribution in [2.24, 2.45) is 17.8 Å². The molecule has 0 bridgehead atoms. The van der Waals surface area contributed by atoms with Crippen molar-refractivity contribution in [2.75, 3.05) is 13.2 Å². The van der Waals surface area contributed by atoms with Gasteiger partial charge < -0.3 is 14.2 Å². The van der Waals surface area contributed by atoms with Crippen LogP contribution in [0.15, 0.2) is 0 Å². The van der Waals surface area contributed by atoms with Gasteiger partial charge in [0.2, 0.25) is 0 Å². The Labute approximate surface area is 438 Å². The van der Waals surface area contributed by atoms with Crippen molar-refractivity contribution in [1.82, 2.24) is 0 Å². The minimum atomic E-state index is -0.764. The zero-order chi connectivity index (χ0) is 51.2. The topological polar surface area (TPSA) is 78.9 Å². The van der Waals surface area contributed by atoms with Gasteiger partial charge in [0, 0.05) is 19.3 Å². The Bertz CT molecular complexity index is 1090. The molecular weight excluding hydrogens is 865 g/mol. The van der Waals surface area contributed by atoms with E-state index in [0.717, 1.165) is 75.5 Å². The number of esters is 3. The summed E-state index contributed by atoms with van der Waals surface area (Å²) in [4.78, 5) is 38.3. The quantitative estimate of drug-likeness (QED) is 0.0343. The summed E-state index contributed by atoms with van der Waals surface area (Å²) >= 11 is 0. The van der Waals surface area contributed by atoms with Gasteiger partial charge in [-0.25, -0.2) is 0 Å². The summed E-state index contributed by atoms with van der Waals surface area (Å²) < 4.78 is 17.0. The maximum Gasteiger partial charge on any atom is 0.306 e. The summed E-state index contributed by atoms with van der Waals surface area (Å²) in [5.74, 6) is 1.74. The molecule has 0 fully saturated rings. The van der Waals surface area contributed by atoms with Crippen LogP contribution in [-0.2, 0) is 28.6 Å². The van der Waals surface area contributed by atoms with Gasteiger partial charge in [0.15, 0.2) is 6.10 Å². The SMILES string of the molecule is CCC(C)CCCCCCCCCCCCCCCCC(=O)OC[C@@H](COC(=O)CCCCCCCCCCCCCCCCCCC(C)C)OC(=O)CCCCCCCCCCCCCCC(C)C. The highest BCUT2D eigenvalue weighted by Gasteiger charge is 2.19. The van der Waals surface area contributed by atoms with Gasteiger partial charge in [0.05, 0.1) is 0 Å². The largest absolute Gasteiger partial charge is 0.462 e. The van der Waals surface area contributed by atoms with E-state index >= 15 is 0 Å². The summed E-state index contributed by atoms with van der Waals surface area (Å²) in [5, 5.41) is 0. The predicted molar refractivity (Wildman–Crippen MR) is 303 cm³/mol. The molecule has 0 amide bonds. The van der Waals surface area contributed by atoms with Gasteiger partial charge >= 0.3 is 17.9 Å². The molecule has 0 spiro atoms. The van der Waals surface area contributed by atoms with E-state index in [1.54, 1.807) is 0 Å². The molecule has 1 unspecified atom stereocenters. The zero-order valence-corrected chi connectivity index (χ0v) is 48.3. The zero-order valence-electron chi connectivity index (χ0n) is 48.3. The normalized spacial score (nSPS) is 12.5. The standard InChI is InChI=1S/C64H124O6/c1-7-60(6)52-46-40-34-28-22-15-12-13-17-24-30-36-42-48-54-63(66)69-57-61(70-64(67)55-49-43-37-31-25-19-18-21-27-33-39-45-51-59(4)5)56-68-62(65)53-47-41-35-29-23-16-11-9-8-10-14-20-26-32-38-44-50-58(2)3/h58-61H,7-57H2,1-6H3/t60?,61-/m1/s1. The number of unbranched alkanes of at least 4 members (excludes halogenated alkanes) is 39.